The number of imidazole rings is 1. The van der Waals surface area contributed by atoms with Crippen LogP contribution in [0.5, 0.6) is 0 Å². The first-order chi connectivity index (χ1) is 9.42. The van der Waals surface area contributed by atoms with Crippen LogP contribution in [0.25, 0.3) is 0 Å². The molecule has 98 valence electrons. The largest absolute Gasteiger partial charge is 0.363 e. The third kappa shape index (κ3) is 3.02. The van der Waals surface area contributed by atoms with Gasteiger partial charge in [0.15, 0.2) is 0 Å². The lowest BCUT2D eigenvalue weighted by Crippen LogP contribution is -2.31. The number of aromatic nitrogens is 2. The molecule has 0 saturated carbocycles. The van der Waals surface area contributed by atoms with Crippen molar-refractivity contribution in [2.24, 2.45) is 4.99 Å². The molecule has 3 rings (SSSR count). The van der Waals surface area contributed by atoms with E-state index in [0.717, 1.165) is 31.6 Å². The molecule has 1 N–H and O–H groups in total. The maximum atomic E-state index is 4.50. The summed E-state index contributed by atoms with van der Waals surface area (Å²) < 4.78 is 0. The minimum atomic E-state index is 0.615. The van der Waals surface area contributed by atoms with Gasteiger partial charge in [-0.3, -0.25) is 0 Å². The lowest BCUT2D eigenvalue weighted by molar-refractivity contribution is 0.318. The summed E-state index contributed by atoms with van der Waals surface area (Å²) >= 11 is 0. The van der Waals surface area contributed by atoms with Crippen molar-refractivity contribution in [2.75, 3.05) is 13.1 Å². The molecule has 0 aliphatic carbocycles. The lowest BCUT2D eigenvalue weighted by atomic mass is 9.94. The van der Waals surface area contributed by atoms with Gasteiger partial charge in [0.25, 0.3) is 0 Å². The maximum Gasteiger partial charge on any atom is 0.0921 e. The van der Waals surface area contributed by atoms with E-state index >= 15 is 0 Å². The number of para-hydroxylation sites is 1. The van der Waals surface area contributed by atoms with E-state index in [2.05, 4.69) is 19.9 Å². The first kappa shape index (κ1) is 12.0. The van der Waals surface area contributed by atoms with Gasteiger partial charge in [0.1, 0.15) is 0 Å². The topological polar surface area (TPSA) is 44.3 Å². The van der Waals surface area contributed by atoms with Gasteiger partial charge in [0.2, 0.25) is 0 Å². The van der Waals surface area contributed by atoms with Crippen molar-refractivity contribution in [3.8, 4) is 0 Å². The molecule has 0 radical (unpaired) electrons. The summed E-state index contributed by atoms with van der Waals surface area (Å²) in [5, 5.41) is 0. The molecule has 1 aromatic heterocycles. The standard InChI is InChI=1S/C15H18N4/c1-2-4-14(5-3-1)18-12-19-8-6-13(7-9-19)15-10-16-11-17-15/h1-5,10-13H,6-9H2,(H,16,17). The number of H-pyrrole nitrogens is 1. The summed E-state index contributed by atoms with van der Waals surface area (Å²) in [6.07, 6.45) is 7.99. The van der Waals surface area contributed by atoms with E-state index in [0.29, 0.717) is 5.92 Å². The Labute approximate surface area is 113 Å². The van der Waals surface area contributed by atoms with Crippen LogP contribution in [-0.4, -0.2) is 34.3 Å². The second-order valence-corrected chi connectivity index (χ2v) is 4.90. The van der Waals surface area contributed by atoms with Crippen LogP contribution in [0.2, 0.25) is 0 Å². The summed E-state index contributed by atoms with van der Waals surface area (Å²) in [6, 6.07) is 10.1. The average Bonchev–Trinajstić information content (AvgIpc) is 3.01. The fourth-order valence-corrected chi connectivity index (χ4v) is 2.48. The summed E-state index contributed by atoms with van der Waals surface area (Å²) in [7, 11) is 0. The summed E-state index contributed by atoms with van der Waals surface area (Å²) in [6.45, 7) is 2.11. The van der Waals surface area contributed by atoms with E-state index in [4.69, 9.17) is 0 Å². The highest BCUT2D eigenvalue weighted by Gasteiger charge is 2.19. The van der Waals surface area contributed by atoms with Crippen LogP contribution in [0, 0.1) is 0 Å². The van der Waals surface area contributed by atoms with E-state index in [-0.39, 0.29) is 0 Å². The Kier molecular flexibility index (Phi) is 3.58. The number of aromatic amines is 1. The molecule has 0 spiro atoms. The van der Waals surface area contributed by atoms with Crippen molar-refractivity contribution in [1.82, 2.24) is 14.9 Å². The number of nitrogens with zero attached hydrogens (tertiary/aromatic N) is 3. The van der Waals surface area contributed by atoms with Crippen molar-refractivity contribution in [3.63, 3.8) is 0 Å². The van der Waals surface area contributed by atoms with Gasteiger partial charge in [-0.05, 0) is 25.0 Å². The zero-order valence-electron chi connectivity index (χ0n) is 10.9. The number of nitrogens with one attached hydrogen (secondary N) is 1. The predicted octanol–water partition coefficient (Wildman–Crippen LogP) is 2.95. The van der Waals surface area contributed by atoms with Gasteiger partial charge in [-0.2, -0.15) is 0 Å². The van der Waals surface area contributed by atoms with Gasteiger partial charge in [-0.25, -0.2) is 9.98 Å². The lowest BCUT2D eigenvalue weighted by Gasteiger charge is -2.29. The first-order valence-electron chi connectivity index (χ1n) is 6.73. The molecule has 1 aromatic carbocycles. The monoisotopic (exact) mass is 254 g/mol. The molecule has 2 aromatic rings. The summed E-state index contributed by atoms with van der Waals surface area (Å²) in [4.78, 5) is 14.1. The quantitative estimate of drug-likeness (QED) is 0.676. The summed E-state index contributed by atoms with van der Waals surface area (Å²) in [5.74, 6) is 0.615. The van der Waals surface area contributed by atoms with E-state index in [1.54, 1.807) is 6.33 Å². The number of rotatable bonds is 3. The highest BCUT2D eigenvalue weighted by atomic mass is 15.2. The maximum absolute atomic E-state index is 4.50. The molecule has 1 saturated heterocycles. The Bertz CT molecular complexity index is 510. The average molecular weight is 254 g/mol. The van der Waals surface area contributed by atoms with Crippen molar-refractivity contribution < 1.29 is 0 Å². The second-order valence-electron chi connectivity index (χ2n) is 4.90. The molecule has 19 heavy (non-hydrogen) atoms. The normalized spacial score (nSPS) is 17.2. The highest BCUT2D eigenvalue weighted by molar-refractivity contribution is 5.61. The molecule has 1 aliphatic heterocycles. The minimum absolute atomic E-state index is 0.615. The number of hydrogen-bond acceptors (Lipinski definition) is 2. The molecular formula is C15H18N4. The third-order valence-corrected chi connectivity index (χ3v) is 3.62. The van der Waals surface area contributed by atoms with E-state index in [1.807, 2.05) is 42.9 Å². The molecule has 4 heteroatoms. The highest BCUT2D eigenvalue weighted by Crippen LogP contribution is 2.25. The zero-order valence-corrected chi connectivity index (χ0v) is 10.9. The van der Waals surface area contributed by atoms with Gasteiger partial charge < -0.3 is 9.88 Å². The van der Waals surface area contributed by atoms with E-state index in [1.165, 1.54) is 5.69 Å². The minimum Gasteiger partial charge on any atom is -0.363 e. The van der Waals surface area contributed by atoms with Gasteiger partial charge in [-0.1, -0.05) is 18.2 Å². The SMILES string of the molecule is C(=Nc1ccccc1)N1CCC(c2cnc[nH]2)CC1. The molecule has 1 aliphatic rings. The Morgan fingerprint density at radius 1 is 1.21 bits per heavy atom. The fourth-order valence-electron chi connectivity index (χ4n) is 2.48. The number of benzene rings is 1. The second kappa shape index (κ2) is 5.69. The molecule has 0 bridgehead atoms. The Balaban J connectivity index is 1.55. The number of piperidine rings is 1. The summed E-state index contributed by atoms with van der Waals surface area (Å²) in [5.41, 5.74) is 2.28. The van der Waals surface area contributed by atoms with Gasteiger partial charge in [0, 0.05) is 30.9 Å². The van der Waals surface area contributed by atoms with Gasteiger partial charge in [0.05, 0.1) is 18.4 Å². The Morgan fingerprint density at radius 3 is 2.68 bits per heavy atom. The number of hydrogen-bond donors (Lipinski definition) is 1. The predicted molar refractivity (Wildman–Crippen MR) is 76.7 cm³/mol. The smallest absolute Gasteiger partial charge is 0.0921 e. The van der Waals surface area contributed by atoms with Crippen molar-refractivity contribution >= 4 is 12.0 Å². The van der Waals surface area contributed by atoms with Crippen molar-refractivity contribution in [2.45, 2.75) is 18.8 Å². The molecule has 0 atom stereocenters. The Hall–Kier alpha value is -2.10. The van der Waals surface area contributed by atoms with E-state index < -0.39 is 0 Å². The molecule has 4 nitrogen and oxygen atoms in total. The zero-order chi connectivity index (χ0) is 12.9. The van der Waals surface area contributed by atoms with Gasteiger partial charge >= 0.3 is 0 Å². The van der Waals surface area contributed by atoms with Gasteiger partial charge in [-0.15, -0.1) is 0 Å². The van der Waals surface area contributed by atoms with Crippen LogP contribution in [-0.2, 0) is 0 Å². The molecule has 1 fully saturated rings. The van der Waals surface area contributed by atoms with Crippen molar-refractivity contribution in [1.29, 1.82) is 0 Å². The van der Waals surface area contributed by atoms with Crippen LogP contribution in [0.1, 0.15) is 24.5 Å². The van der Waals surface area contributed by atoms with Crippen LogP contribution in [0.4, 0.5) is 5.69 Å². The Morgan fingerprint density at radius 2 is 2.00 bits per heavy atom. The van der Waals surface area contributed by atoms with Crippen molar-refractivity contribution in [3.05, 3.63) is 48.5 Å². The van der Waals surface area contributed by atoms with Crippen LogP contribution in [0.15, 0.2) is 47.8 Å². The van der Waals surface area contributed by atoms with Crippen LogP contribution >= 0.6 is 0 Å². The first-order valence-corrected chi connectivity index (χ1v) is 6.73. The molecule has 0 amide bonds. The molecular weight excluding hydrogens is 236 g/mol. The van der Waals surface area contributed by atoms with Crippen LogP contribution < -0.4 is 0 Å². The number of likely N-dealkylation sites (tertiary alicyclic amines) is 1. The number of aliphatic imine (C=N–C) groups is 1. The molecule has 0 unspecified atom stereocenters. The fraction of sp³-hybridized carbons (Fsp3) is 0.333. The van der Waals surface area contributed by atoms with E-state index in [9.17, 15) is 0 Å². The third-order valence-electron chi connectivity index (χ3n) is 3.62. The van der Waals surface area contributed by atoms with Crippen LogP contribution in [0.3, 0.4) is 0 Å². The molecule has 2 heterocycles.